The van der Waals surface area contributed by atoms with Gasteiger partial charge in [-0.2, -0.15) is 0 Å². The molecule has 0 aliphatic rings. The van der Waals surface area contributed by atoms with E-state index in [0.29, 0.717) is 6.54 Å². The van der Waals surface area contributed by atoms with Crippen LogP contribution in [0.1, 0.15) is 23.8 Å². The topological polar surface area (TPSA) is 61.4 Å². The predicted octanol–water partition coefficient (Wildman–Crippen LogP) is 0.755. The summed E-state index contributed by atoms with van der Waals surface area (Å²) < 4.78 is 3.53. The molecule has 15 heavy (non-hydrogen) atoms. The molecule has 0 aliphatic heterocycles. The van der Waals surface area contributed by atoms with Crippen molar-refractivity contribution in [2.24, 2.45) is 7.05 Å². The van der Waals surface area contributed by atoms with Crippen LogP contribution in [-0.2, 0) is 13.6 Å². The van der Waals surface area contributed by atoms with Crippen LogP contribution in [0.4, 0.5) is 0 Å². The van der Waals surface area contributed by atoms with Crippen molar-refractivity contribution in [1.82, 2.24) is 29.8 Å². The van der Waals surface area contributed by atoms with Crippen LogP contribution in [0, 0.1) is 0 Å². The number of aryl methyl sites for hydroxylation is 1. The Kier molecular flexibility index (Phi) is 2.68. The lowest BCUT2D eigenvalue weighted by molar-refractivity contribution is 0.605. The van der Waals surface area contributed by atoms with Gasteiger partial charge in [-0.3, -0.25) is 0 Å². The second kappa shape index (κ2) is 3.98. The van der Waals surface area contributed by atoms with Gasteiger partial charge in [-0.05, 0) is 6.92 Å². The molecule has 2 aromatic rings. The van der Waals surface area contributed by atoms with E-state index in [1.165, 1.54) is 0 Å². The molecule has 0 N–H and O–H groups in total. The van der Waals surface area contributed by atoms with Gasteiger partial charge in [0, 0.05) is 7.05 Å². The minimum atomic E-state index is -0.127. The first kappa shape index (κ1) is 10.1. The molecule has 0 aromatic carbocycles. The van der Waals surface area contributed by atoms with Crippen LogP contribution in [0.2, 0.25) is 0 Å². The zero-order chi connectivity index (χ0) is 10.8. The van der Waals surface area contributed by atoms with Gasteiger partial charge in [0.05, 0.1) is 11.6 Å². The maximum atomic E-state index is 5.88. The van der Waals surface area contributed by atoms with Crippen LogP contribution in [0.15, 0.2) is 12.5 Å². The molecule has 2 aromatic heterocycles. The van der Waals surface area contributed by atoms with Gasteiger partial charge in [-0.25, -0.2) is 4.68 Å². The highest BCUT2D eigenvalue weighted by Gasteiger charge is 2.08. The van der Waals surface area contributed by atoms with Gasteiger partial charge in [0.2, 0.25) is 0 Å². The molecule has 1 atom stereocenters. The average molecular weight is 227 g/mol. The van der Waals surface area contributed by atoms with Crippen molar-refractivity contribution in [1.29, 1.82) is 0 Å². The Bertz CT molecular complexity index is 445. The Morgan fingerprint density at radius 2 is 2.27 bits per heavy atom. The van der Waals surface area contributed by atoms with Gasteiger partial charge in [-0.15, -0.1) is 26.9 Å². The number of alkyl halides is 1. The Morgan fingerprint density at radius 3 is 2.80 bits per heavy atom. The lowest BCUT2D eigenvalue weighted by atomic mass is 10.4. The third-order valence-corrected chi connectivity index (χ3v) is 2.30. The van der Waals surface area contributed by atoms with Crippen molar-refractivity contribution >= 4 is 11.6 Å². The zero-order valence-electron chi connectivity index (χ0n) is 8.50. The van der Waals surface area contributed by atoms with Crippen molar-refractivity contribution < 1.29 is 0 Å². The highest BCUT2D eigenvalue weighted by molar-refractivity contribution is 6.20. The molecule has 1 unspecified atom stereocenters. The van der Waals surface area contributed by atoms with Crippen LogP contribution in [-0.4, -0.2) is 29.8 Å². The number of nitrogens with zero attached hydrogens (tertiary/aromatic N) is 6. The van der Waals surface area contributed by atoms with Crippen LogP contribution in [0.5, 0.6) is 0 Å². The van der Waals surface area contributed by atoms with Crippen LogP contribution >= 0.6 is 11.6 Å². The third kappa shape index (κ3) is 2.15. The first-order valence-electron chi connectivity index (χ1n) is 4.54. The first-order chi connectivity index (χ1) is 7.16. The molecule has 6 nitrogen and oxygen atoms in total. The zero-order valence-corrected chi connectivity index (χ0v) is 9.26. The molecule has 7 heteroatoms. The van der Waals surface area contributed by atoms with Crippen LogP contribution < -0.4 is 0 Å². The largest absolute Gasteiger partial charge is 0.319 e. The Balaban J connectivity index is 2.15. The summed E-state index contributed by atoms with van der Waals surface area (Å²) >= 11 is 5.88. The van der Waals surface area contributed by atoms with Gasteiger partial charge in [0.25, 0.3) is 0 Å². The normalized spacial score (nSPS) is 13.0. The molecular weight excluding hydrogens is 216 g/mol. The van der Waals surface area contributed by atoms with E-state index in [1.807, 2.05) is 24.7 Å². The van der Waals surface area contributed by atoms with Crippen molar-refractivity contribution in [2.75, 3.05) is 0 Å². The molecule has 80 valence electrons. The van der Waals surface area contributed by atoms with Crippen molar-refractivity contribution in [2.45, 2.75) is 18.8 Å². The fourth-order valence-electron chi connectivity index (χ4n) is 1.17. The van der Waals surface area contributed by atoms with E-state index >= 15 is 0 Å². The highest BCUT2D eigenvalue weighted by Crippen LogP contribution is 2.15. The van der Waals surface area contributed by atoms with E-state index in [1.54, 1.807) is 11.0 Å². The first-order valence-corrected chi connectivity index (χ1v) is 4.97. The number of rotatable bonds is 3. The second-order valence-corrected chi connectivity index (χ2v) is 3.97. The maximum absolute atomic E-state index is 5.88. The van der Waals surface area contributed by atoms with Gasteiger partial charge in [0.15, 0.2) is 5.82 Å². The monoisotopic (exact) mass is 226 g/mol. The summed E-state index contributed by atoms with van der Waals surface area (Å²) in [6.45, 7) is 2.41. The fraction of sp³-hybridized carbons (Fsp3) is 0.500. The minimum absolute atomic E-state index is 0.127. The molecule has 0 aliphatic carbocycles. The van der Waals surface area contributed by atoms with Crippen molar-refractivity contribution in [3.8, 4) is 0 Å². The second-order valence-electron chi connectivity index (χ2n) is 3.32. The Morgan fingerprint density at radius 1 is 1.47 bits per heavy atom. The van der Waals surface area contributed by atoms with E-state index in [2.05, 4.69) is 20.5 Å². The smallest absolute Gasteiger partial charge is 0.154 e. The van der Waals surface area contributed by atoms with E-state index in [4.69, 9.17) is 11.6 Å². The van der Waals surface area contributed by atoms with Crippen molar-refractivity contribution in [3.05, 3.63) is 24.0 Å². The summed E-state index contributed by atoms with van der Waals surface area (Å²) in [6.07, 6.45) is 3.46. The molecule has 0 fully saturated rings. The molecule has 2 rings (SSSR count). The molecule has 2 heterocycles. The SMILES string of the molecule is CC(Cl)c1cn(Cc2nncn2C)nn1. The van der Waals surface area contributed by atoms with E-state index < -0.39 is 0 Å². The predicted molar refractivity (Wildman–Crippen MR) is 54.4 cm³/mol. The summed E-state index contributed by atoms with van der Waals surface area (Å²) in [5, 5.41) is 15.5. The van der Waals surface area contributed by atoms with Crippen molar-refractivity contribution in [3.63, 3.8) is 0 Å². The quantitative estimate of drug-likeness (QED) is 0.725. The molecule has 0 bridgehead atoms. The van der Waals surface area contributed by atoms with Gasteiger partial charge >= 0.3 is 0 Å². The average Bonchev–Trinajstić information content (AvgIpc) is 2.77. The van der Waals surface area contributed by atoms with Gasteiger partial charge in [0.1, 0.15) is 18.6 Å². The Labute approximate surface area is 91.9 Å². The van der Waals surface area contributed by atoms with Crippen LogP contribution in [0.3, 0.4) is 0 Å². The summed E-state index contributed by atoms with van der Waals surface area (Å²) in [6, 6.07) is 0. The molecule has 0 saturated carbocycles. The van der Waals surface area contributed by atoms with Crippen LogP contribution in [0.25, 0.3) is 0 Å². The lowest BCUT2D eigenvalue weighted by Gasteiger charge is -1.98. The maximum Gasteiger partial charge on any atom is 0.154 e. The summed E-state index contributed by atoms with van der Waals surface area (Å²) in [7, 11) is 1.89. The summed E-state index contributed by atoms with van der Waals surface area (Å²) in [4.78, 5) is 0. The van der Waals surface area contributed by atoms with E-state index in [0.717, 1.165) is 11.5 Å². The number of hydrogen-bond donors (Lipinski definition) is 0. The number of halogens is 1. The molecular formula is C8H11ClN6. The Hall–Kier alpha value is -1.43. The van der Waals surface area contributed by atoms with Gasteiger partial charge in [-0.1, -0.05) is 5.21 Å². The number of aromatic nitrogens is 6. The van der Waals surface area contributed by atoms with E-state index in [-0.39, 0.29) is 5.38 Å². The lowest BCUT2D eigenvalue weighted by Crippen LogP contribution is -2.06. The molecule has 0 radical (unpaired) electrons. The number of hydrogen-bond acceptors (Lipinski definition) is 4. The standard InChI is InChI=1S/C8H11ClN6/c1-6(9)7-3-15(13-11-7)4-8-12-10-5-14(8)2/h3,5-6H,4H2,1-2H3. The summed E-state index contributed by atoms with van der Waals surface area (Å²) in [5.41, 5.74) is 0.763. The third-order valence-electron chi connectivity index (χ3n) is 2.07. The summed E-state index contributed by atoms with van der Waals surface area (Å²) in [5.74, 6) is 0.827. The molecule has 0 saturated heterocycles. The minimum Gasteiger partial charge on any atom is -0.319 e. The fourth-order valence-corrected chi connectivity index (χ4v) is 1.27. The van der Waals surface area contributed by atoms with Gasteiger partial charge < -0.3 is 4.57 Å². The molecule has 0 spiro atoms. The molecule has 0 amide bonds. The van der Waals surface area contributed by atoms with E-state index in [9.17, 15) is 0 Å². The highest BCUT2D eigenvalue weighted by atomic mass is 35.5.